The molecule has 0 saturated heterocycles. The minimum Gasteiger partial charge on any atom is -0.478 e. The predicted molar refractivity (Wildman–Crippen MR) is 47.9 cm³/mol. The summed E-state index contributed by atoms with van der Waals surface area (Å²) in [5, 5.41) is 8.53. The fourth-order valence-corrected chi connectivity index (χ4v) is 1.72. The quantitative estimate of drug-likeness (QED) is 0.607. The van der Waals surface area contributed by atoms with Crippen molar-refractivity contribution in [1.82, 2.24) is 0 Å². The minimum absolute atomic E-state index is 0.584. The van der Waals surface area contributed by atoms with Crippen molar-refractivity contribution >= 4 is 5.97 Å². The molecule has 0 fully saturated rings. The molecule has 1 rings (SSSR count). The molecule has 0 aliphatic heterocycles. The van der Waals surface area contributed by atoms with Gasteiger partial charge in [-0.25, -0.2) is 4.79 Å². The fraction of sp³-hybridized carbons (Fsp3) is 0.500. The molecule has 66 valence electrons. The second-order valence-corrected chi connectivity index (χ2v) is 3.56. The molecule has 1 aliphatic rings. The third-order valence-electron chi connectivity index (χ3n) is 2.00. The second-order valence-electron chi connectivity index (χ2n) is 3.56. The Morgan fingerprint density at radius 1 is 1.67 bits per heavy atom. The maximum Gasteiger partial charge on any atom is 0.328 e. The Labute approximate surface area is 72.6 Å². The zero-order valence-electron chi connectivity index (χ0n) is 7.50. The molecule has 1 aliphatic carbocycles. The summed E-state index contributed by atoms with van der Waals surface area (Å²) in [6, 6.07) is 0. The Morgan fingerprint density at radius 2 is 2.33 bits per heavy atom. The SMILES string of the molecule is CC1=C/C(=C\C(=O)O)CC(C)C1. The van der Waals surface area contributed by atoms with Gasteiger partial charge in [-0.15, -0.1) is 0 Å². The lowest BCUT2D eigenvalue weighted by atomic mass is 9.88. The number of aliphatic carboxylic acids is 1. The fourth-order valence-electron chi connectivity index (χ4n) is 1.72. The first kappa shape index (κ1) is 9.04. The van der Waals surface area contributed by atoms with Crippen LogP contribution in [0.1, 0.15) is 26.7 Å². The van der Waals surface area contributed by atoms with Crippen LogP contribution >= 0.6 is 0 Å². The van der Waals surface area contributed by atoms with Crippen molar-refractivity contribution in [2.24, 2.45) is 5.92 Å². The van der Waals surface area contributed by atoms with Crippen LogP contribution in [0.5, 0.6) is 0 Å². The van der Waals surface area contributed by atoms with E-state index in [4.69, 9.17) is 5.11 Å². The largest absolute Gasteiger partial charge is 0.478 e. The van der Waals surface area contributed by atoms with E-state index in [-0.39, 0.29) is 0 Å². The van der Waals surface area contributed by atoms with Gasteiger partial charge in [0.2, 0.25) is 0 Å². The monoisotopic (exact) mass is 166 g/mol. The lowest BCUT2D eigenvalue weighted by molar-refractivity contribution is -0.131. The lowest BCUT2D eigenvalue weighted by Gasteiger charge is -2.18. The van der Waals surface area contributed by atoms with Crippen LogP contribution < -0.4 is 0 Å². The van der Waals surface area contributed by atoms with Crippen molar-refractivity contribution < 1.29 is 9.90 Å². The van der Waals surface area contributed by atoms with Crippen LogP contribution in [0, 0.1) is 5.92 Å². The summed E-state index contributed by atoms with van der Waals surface area (Å²) in [6.45, 7) is 4.19. The second kappa shape index (κ2) is 3.57. The van der Waals surface area contributed by atoms with Gasteiger partial charge in [0, 0.05) is 6.08 Å². The normalized spacial score (nSPS) is 27.0. The van der Waals surface area contributed by atoms with Crippen LogP contribution in [0.25, 0.3) is 0 Å². The van der Waals surface area contributed by atoms with E-state index in [0.29, 0.717) is 5.92 Å². The molecule has 2 nitrogen and oxygen atoms in total. The highest BCUT2D eigenvalue weighted by Crippen LogP contribution is 2.26. The Balaban J connectivity index is 2.79. The summed E-state index contributed by atoms with van der Waals surface area (Å²) in [6.07, 6.45) is 5.27. The van der Waals surface area contributed by atoms with Gasteiger partial charge in [-0.2, -0.15) is 0 Å². The van der Waals surface area contributed by atoms with E-state index in [1.54, 1.807) is 0 Å². The van der Waals surface area contributed by atoms with Gasteiger partial charge < -0.3 is 5.11 Å². The molecule has 0 spiro atoms. The third-order valence-corrected chi connectivity index (χ3v) is 2.00. The molecule has 1 N–H and O–H groups in total. The Bertz CT molecular complexity index is 249. The van der Waals surface area contributed by atoms with E-state index < -0.39 is 5.97 Å². The molecule has 1 unspecified atom stereocenters. The summed E-state index contributed by atoms with van der Waals surface area (Å²) < 4.78 is 0. The van der Waals surface area contributed by atoms with Crippen molar-refractivity contribution in [3.8, 4) is 0 Å². The number of carbonyl (C=O) groups is 1. The number of hydrogen-bond acceptors (Lipinski definition) is 1. The van der Waals surface area contributed by atoms with Gasteiger partial charge in [0.1, 0.15) is 0 Å². The topological polar surface area (TPSA) is 37.3 Å². The summed E-state index contributed by atoms with van der Waals surface area (Å²) in [5.74, 6) is -0.260. The number of rotatable bonds is 1. The smallest absolute Gasteiger partial charge is 0.328 e. The molecule has 12 heavy (non-hydrogen) atoms. The van der Waals surface area contributed by atoms with Crippen LogP contribution in [-0.4, -0.2) is 11.1 Å². The molecule has 0 amide bonds. The standard InChI is InChI=1S/C10H14O2/c1-7-3-8(2)5-9(4-7)6-10(11)12/h4,6,8H,3,5H2,1-2H3,(H,11,12)/b9-6+. The number of carboxylic acids is 1. The van der Waals surface area contributed by atoms with Crippen molar-refractivity contribution in [3.63, 3.8) is 0 Å². The Kier molecular flexibility index (Phi) is 2.69. The van der Waals surface area contributed by atoms with Crippen molar-refractivity contribution in [2.45, 2.75) is 26.7 Å². The van der Waals surface area contributed by atoms with Crippen LogP contribution in [0.15, 0.2) is 23.3 Å². The molecular formula is C10H14O2. The van der Waals surface area contributed by atoms with Crippen LogP contribution in [0.4, 0.5) is 0 Å². The first-order valence-electron chi connectivity index (χ1n) is 4.18. The first-order valence-corrected chi connectivity index (χ1v) is 4.18. The predicted octanol–water partition coefficient (Wildman–Crippen LogP) is 2.37. The van der Waals surface area contributed by atoms with E-state index in [1.807, 2.05) is 13.0 Å². The van der Waals surface area contributed by atoms with E-state index in [1.165, 1.54) is 11.6 Å². The van der Waals surface area contributed by atoms with Gasteiger partial charge in [-0.05, 0) is 31.3 Å². The average Bonchev–Trinajstić information content (AvgIpc) is 1.81. The summed E-state index contributed by atoms with van der Waals surface area (Å²) in [4.78, 5) is 10.4. The van der Waals surface area contributed by atoms with Crippen LogP contribution in [0.3, 0.4) is 0 Å². The molecule has 1 atom stereocenters. The first-order chi connectivity index (χ1) is 5.58. The summed E-state index contributed by atoms with van der Waals surface area (Å²) in [5.41, 5.74) is 2.22. The maximum atomic E-state index is 10.4. The number of carboxylic acid groups (broad SMARTS) is 1. The minimum atomic E-state index is -0.844. The maximum absolute atomic E-state index is 10.4. The summed E-state index contributed by atoms with van der Waals surface area (Å²) in [7, 11) is 0. The molecule has 0 saturated carbocycles. The van der Waals surface area contributed by atoms with E-state index in [9.17, 15) is 4.79 Å². The van der Waals surface area contributed by atoms with Crippen LogP contribution in [-0.2, 0) is 4.79 Å². The molecule has 0 aromatic carbocycles. The highest BCUT2D eigenvalue weighted by Gasteiger charge is 2.12. The number of hydrogen-bond donors (Lipinski definition) is 1. The molecular weight excluding hydrogens is 152 g/mol. The molecule has 0 heterocycles. The Hall–Kier alpha value is -1.05. The van der Waals surface area contributed by atoms with Crippen LogP contribution in [0.2, 0.25) is 0 Å². The Morgan fingerprint density at radius 3 is 2.83 bits per heavy atom. The van der Waals surface area contributed by atoms with Gasteiger partial charge in [0.05, 0.1) is 0 Å². The molecule has 2 heteroatoms. The summed E-state index contributed by atoms with van der Waals surface area (Å²) >= 11 is 0. The zero-order valence-corrected chi connectivity index (χ0v) is 7.50. The zero-order chi connectivity index (χ0) is 9.14. The van der Waals surface area contributed by atoms with Gasteiger partial charge in [-0.1, -0.05) is 18.6 Å². The van der Waals surface area contributed by atoms with Crippen molar-refractivity contribution in [3.05, 3.63) is 23.3 Å². The van der Waals surface area contributed by atoms with Gasteiger partial charge >= 0.3 is 5.97 Å². The molecule has 0 aromatic rings. The van der Waals surface area contributed by atoms with E-state index in [0.717, 1.165) is 18.4 Å². The third kappa shape index (κ3) is 2.53. The highest BCUT2D eigenvalue weighted by molar-refractivity contribution is 5.81. The molecule has 0 radical (unpaired) electrons. The molecule has 0 aromatic heterocycles. The van der Waals surface area contributed by atoms with Crippen molar-refractivity contribution in [2.75, 3.05) is 0 Å². The highest BCUT2D eigenvalue weighted by atomic mass is 16.4. The lowest BCUT2D eigenvalue weighted by Crippen LogP contribution is -2.04. The van der Waals surface area contributed by atoms with Crippen molar-refractivity contribution in [1.29, 1.82) is 0 Å². The van der Waals surface area contributed by atoms with E-state index in [2.05, 4.69) is 6.92 Å². The van der Waals surface area contributed by atoms with E-state index >= 15 is 0 Å². The van der Waals surface area contributed by atoms with Gasteiger partial charge in [0.15, 0.2) is 0 Å². The average molecular weight is 166 g/mol. The molecule has 0 bridgehead atoms. The van der Waals surface area contributed by atoms with Gasteiger partial charge in [-0.3, -0.25) is 0 Å². The number of allylic oxidation sites excluding steroid dienone is 3. The van der Waals surface area contributed by atoms with Gasteiger partial charge in [0.25, 0.3) is 0 Å².